The van der Waals surface area contributed by atoms with Gasteiger partial charge < -0.3 is 4.57 Å². The molecule has 8 aromatic carbocycles. The van der Waals surface area contributed by atoms with Gasteiger partial charge in [0.2, 0.25) is 0 Å². The molecule has 3 heterocycles. The molecule has 0 spiro atoms. The van der Waals surface area contributed by atoms with Crippen LogP contribution < -0.4 is 0 Å². The van der Waals surface area contributed by atoms with Gasteiger partial charge in [-0.05, 0) is 112 Å². The Hall–Kier alpha value is -7.36. The Morgan fingerprint density at radius 2 is 0.842 bits per heavy atom. The maximum absolute atomic E-state index is 4.88. The molecule has 0 aliphatic rings. The molecule has 11 rings (SSSR count). The van der Waals surface area contributed by atoms with Crippen LogP contribution in [0.3, 0.4) is 0 Å². The topological polar surface area (TPSA) is 30.7 Å². The molecule has 3 heteroatoms. The summed E-state index contributed by atoms with van der Waals surface area (Å²) in [7, 11) is 0. The van der Waals surface area contributed by atoms with Crippen molar-refractivity contribution in [2.75, 3.05) is 0 Å². The van der Waals surface area contributed by atoms with E-state index in [2.05, 4.69) is 193 Å². The van der Waals surface area contributed by atoms with Gasteiger partial charge in [-0.3, -0.25) is 9.97 Å². The fourth-order valence-corrected chi connectivity index (χ4v) is 8.95. The van der Waals surface area contributed by atoms with Crippen LogP contribution in [0, 0.1) is 13.8 Å². The molecule has 0 atom stereocenters. The second-order valence-corrected chi connectivity index (χ2v) is 15.0. The Labute approximate surface area is 331 Å². The van der Waals surface area contributed by atoms with Crippen LogP contribution in [0.4, 0.5) is 0 Å². The van der Waals surface area contributed by atoms with E-state index in [0.717, 1.165) is 39.6 Å². The van der Waals surface area contributed by atoms with E-state index < -0.39 is 0 Å². The Balaban J connectivity index is 1.10. The predicted molar refractivity (Wildman–Crippen MR) is 240 cm³/mol. The SMILES string of the molecule is Cc1cccc(-c2ccc(-c3ccc4c(ccc5c6ccc(-c7ccc(-c8cccc(C)n8)c8ccccc78)cc6n(-c6ccccc6)c45)c3)c3ccccc23)n1. The minimum Gasteiger partial charge on any atom is -0.309 e. The number of para-hydroxylation sites is 1. The summed E-state index contributed by atoms with van der Waals surface area (Å²) in [6.45, 7) is 4.10. The van der Waals surface area contributed by atoms with Gasteiger partial charge >= 0.3 is 0 Å². The molecule has 3 aromatic heterocycles. The van der Waals surface area contributed by atoms with Crippen molar-refractivity contribution in [3.8, 4) is 50.5 Å². The minimum atomic E-state index is 0.997. The van der Waals surface area contributed by atoms with E-state index in [1.165, 1.54) is 76.4 Å². The maximum Gasteiger partial charge on any atom is 0.0711 e. The quantitative estimate of drug-likeness (QED) is 0.177. The zero-order valence-corrected chi connectivity index (χ0v) is 31.7. The summed E-state index contributed by atoms with van der Waals surface area (Å²) in [6.07, 6.45) is 0. The number of aryl methyl sites for hydroxylation is 2. The third-order valence-corrected chi connectivity index (χ3v) is 11.6. The molecular weight excluding hydrogens is 691 g/mol. The van der Waals surface area contributed by atoms with Crippen LogP contribution in [-0.2, 0) is 0 Å². The molecule has 268 valence electrons. The van der Waals surface area contributed by atoms with Crippen LogP contribution in [0.15, 0.2) is 188 Å². The first-order valence-electron chi connectivity index (χ1n) is 19.6. The lowest BCUT2D eigenvalue weighted by molar-refractivity contribution is 1.19. The van der Waals surface area contributed by atoms with Gasteiger partial charge in [-0.2, -0.15) is 0 Å². The van der Waals surface area contributed by atoms with Crippen molar-refractivity contribution in [1.29, 1.82) is 0 Å². The normalized spacial score (nSPS) is 11.7. The monoisotopic (exact) mass is 727 g/mol. The highest BCUT2D eigenvalue weighted by atomic mass is 15.0. The summed E-state index contributed by atoms with van der Waals surface area (Å²) in [4.78, 5) is 9.74. The number of hydrogen-bond acceptors (Lipinski definition) is 2. The predicted octanol–water partition coefficient (Wildman–Crippen LogP) is 14.3. The largest absolute Gasteiger partial charge is 0.309 e. The van der Waals surface area contributed by atoms with Crippen LogP contribution in [0.1, 0.15) is 11.4 Å². The highest BCUT2D eigenvalue weighted by Gasteiger charge is 2.19. The van der Waals surface area contributed by atoms with E-state index in [1.54, 1.807) is 0 Å². The van der Waals surface area contributed by atoms with Gasteiger partial charge in [-0.15, -0.1) is 0 Å². The van der Waals surface area contributed by atoms with Gasteiger partial charge in [0.25, 0.3) is 0 Å². The third kappa shape index (κ3) is 5.43. The Kier molecular flexibility index (Phi) is 7.61. The second kappa shape index (κ2) is 13.1. The summed E-state index contributed by atoms with van der Waals surface area (Å²) in [5, 5.41) is 9.76. The molecule has 57 heavy (non-hydrogen) atoms. The molecule has 0 saturated carbocycles. The summed E-state index contributed by atoms with van der Waals surface area (Å²) >= 11 is 0. The van der Waals surface area contributed by atoms with Gasteiger partial charge in [0, 0.05) is 44.4 Å². The molecule has 0 saturated heterocycles. The van der Waals surface area contributed by atoms with Crippen LogP contribution >= 0.6 is 0 Å². The van der Waals surface area contributed by atoms with E-state index in [0.29, 0.717) is 0 Å². The molecule has 0 N–H and O–H groups in total. The first-order valence-corrected chi connectivity index (χ1v) is 19.6. The van der Waals surface area contributed by atoms with E-state index in [4.69, 9.17) is 9.97 Å². The Morgan fingerprint density at radius 3 is 1.42 bits per heavy atom. The van der Waals surface area contributed by atoms with Crippen molar-refractivity contribution in [2.24, 2.45) is 0 Å². The average Bonchev–Trinajstić information content (AvgIpc) is 3.60. The first kappa shape index (κ1) is 33.0. The van der Waals surface area contributed by atoms with Gasteiger partial charge in [0.05, 0.1) is 22.4 Å². The summed E-state index contributed by atoms with van der Waals surface area (Å²) in [6, 6.07) is 68.3. The minimum absolute atomic E-state index is 0.997. The van der Waals surface area contributed by atoms with E-state index in [1.807, 2.05) is 13.0 Å². The van der Waals surface area contributed by atoms with Crippen molar-refractivity contribution in [2.45, 2.75) is 13.8 Å². The third-order valence-electron chi connectivity index (χ3n) is 11.6. The molecule has 0 radical (unpaired) electrons. The molecule has 0 aliphatic heterocycles. The standard InChI is InChI=1S/C54H37N3/c1-34-12-10-20-51(55-34)47-30-28-40(43-16-6-8-18-45(43)47)36-22-25-42-37(32-36)24-27-50-49-26-23-38(33-53(49)57(54(42)50)39-14-4-3-5-15-39)41-29-31-48(46-19-9-7-17-44(41)46)52-21-11-13-35(2)56-52/h3-33H,1-2H3. The molecule has 0 unspecified atom stereocenters. The van der Waals surface area contributed by atoms with Crippen LogP contribution in [0.25, 0.3) is 105 Å². The lowest BCUT2D eigenvalue weighted by Gasteiger charge is -2.14. The van der Waals surface area contributed by atoms with E-state index >= 15 is 0 Å². The van der Waals surface area contributed by atoms with E-state index in [9.17, 15) is 0 Å². The van der Waals surface area contributed by atoms with Crippen molar-refractivity contribution < 1.29 is 0 Å². The Morgan fingerprint density at radius 1 is 0.351 bits per heavy atom. The van der Waals surface area contributed by atoms with Gasteiger partial charge in [0.1, 0.15) is 0 Å². The van der Waals surface area contributed by atoms with Crippen LogP contribution in [0.5, 0.6) is 0 Å². The van der Waals surface area contributed by atoms with Gasteiger partial charge in [0.15, 0.2) is 0 Å². The first-order chi connectivity index (χ1) is 28.1. The lowest BCUT2D eigenvalue weighted by Crippen LogP contribution is -1.95. The number of hydrogen-bond donors (Lipinski definition) is 0. The second-order valence-electron chi connectivity index (χ2n) is 15.0. The summed E-state index contributed by atoms with van der Waals surface area (Å²) in [5.41, 5.74) is 14.7. The Bertz CT molecular complexity index is 3370. The lowest BCUT2D eigenvalue weighted by atomic mass is 9.92. The van der Waals surface area contributed by atoms with Crippen molar-refractivity contribution in [3.05, 3.63) is 199 Å². The van der Waals surface area contributed by atoms with Gasteiger partial charge in [-0.1, -0.05) is 140 Å². The highest BCUT2D eigenvalue weighted by molar-refractivity contribution is 6.20. The molecule has 0 fully saturated rings. The molecule has 0 amide bonds. The molecule has 11 aromatic rings. The number of rotatable bonds is 5. The van der Waals surface area contributed by atoms with Crippen molar-refractivity contribution >= 4 is 54.1 Å². The molecular formula is C54H37N3. The zero-order chi connectivity index (χ0) is 38.0. The van der Waals surface area contributed by atoms with Gasteiger partial charge in [-0.25, -0.2) is 0 Å². The maximum atomic E-state index is 4.88. The number of nitrogens with zero attached hydrogens (tertiary/aromatic N) is 3. The number of aromatic nitrogens is 3. The van der Waals surface area contributed by atoms with Crippen LogP contribution in [-0.4, -0.2) is 14.5 Å². The fourth-order valence-electron chi connectivity index (χ4n) is 8.95. The smallest absolute Gasteiger partial charge is 0.0711 e. The molecule has 3 nitrogen and oxygen atoms in total. The van der Waals surface area contributed by atoms with E-state index in [-0.39, 0.29) is 0 Å². The summed E-state index contributed by atoms with van der Waals surface area (Å²) in [5.74, 6) is 0. The summed E-state index contributed by atoms with van der Waals surface area (Å²) < 4.78 is 2.46. The molecule has 0 aliphatic carbocycles. The average molecular weight is 728 g/mol. The number of benzene rings is 8. The van der Waals surface area contributed by atoms with Crippen molar-refractivity contribution in [3.63, 3.8) is 0 Å². The fraction of sp³-hybridized carbons (Fsp3) is 0.0370. The van der Waals surface area contributed by atoms with Crippen LogP contribution in [0.2, 0.25) is 0 Å². The van der Waals surface area contributed by atoms with Crippen molar-refractivity contribution in [1.82, 2.24) is 14.5 Å². The number of fused-ring (bicyclic) bond motifs is 7. The molecule has 0 bridgehead atoms. The highest BCUT2D eigenvalue weighted by Crippen LogP contribution is 2.42. The zero-order valence-electron chi connectivity index (χ0n) is 31.7. The number of pyridine rings is 2.